The third kappa shape index (κ3) is 1.23. The highest BCUT2D eigenvalue weighted by molar-refractivity contribution is 7.17. The number of nitrogens with two attached hydrogens (primary N) is 1. The SMILES string of the molecule is COc1c(N)cc(CO)c2ccsc12. The molecule has 0 spiro atoms. The highest BCUT2D eigenvalue weighted by atomic mass is 32.1. The zero-order valence-electron chi connectivity index (χ0n) is 7.78. The molecule has 2 aromatic rings. The van der Waals surface area contributed by atoms with E-state index in [0.29, 0.717) is 11.4 Å². The summed E-state index contributed by atoms with van der Waals surface area (Å²) in [7, 11) is 1.60. The van der Waals surface area contributed by atoms with E-state index in [1.807, 2.05) is 11.4 Å². The van der Waals surface area contributed by atoms with Crippen LogP contribution in [0.1, 0.15) is 5.56 Å². The lowest BCUT2D eigenvalue weighted by Gasteiger charge is -2.08. The molecule has 0 bridgehead atoms. The minimum Gasteiger partial charge on any atom is -0.493 e. The van der Waals surface area contributed by atoms with Crippen molar-refractivity contribution in [1.29, 1.82) is 0 Å². The van der Waals surface area contributed by atoms with Crippen LogP contribution in [-0.4, -0.2) is 12.2 Å². The quantitative estimate of drug-likeness (QED) is 0.744. The third-order valence-electron chi connectivity index (χ3n) is 2.18. The average molecular weight is 209 g/mol. The molecule has 0 saturated heterocycles. The molecule has 74 valence electrons. The summed E-state index contributed by atoms with van der Waals surface area (Å²) in [5.74, 6) is 0.701. The summed E-state index contributed by atoms with van der Waals surface area (Å²) in [6, 6.07) is 3.72. The van der Waals surface area contributed by atoms with Gasteiger partial charge in [0.1, 0.15) is 0 Å². The molecule has 1 aromatic heterocycles. The van der Waals surface area contributed by atoms with Gasteiger partial charge in [0, 0.05) is 5.39 Å². The van der Waals surface area contributed by atoms with Crippen LogP contribution < -0.4 is 10.5 Å². The molecule has 14 heavy (non-hydrogen) atoms. The first-order chi connectivity index (χ1) is 6.77. The van der Waals surface area contributed by atoms with Crippen LogP contribution in [0.15, 0.2) is 17.5 Å². The fourth-order valence-electron chi connectivity index (χ4n) is 1.54. The molecule has 3 N–H and O–H groups in total. The number of hydrogen-bond acceptors (Lipinski definition) is 4. The Balaban J connectivity index is 2.81. The zero-order valence-corrected chi connectivity index (χ0v) is 8.60. The van der Waals surface area contributed by atoms with Gasteiger partial charge >= 0.3 is 0 Å². The van der Waals surface area contributed by atoms with Crippen LogP contribution in [0.2, 0.25) is 0 Å². The van der Waals surface area contributed by atoms with Crippen molar-refractivity contribution in [3.8, 4) is 5.75 Å². The number of benzene rings is 1. The molecule has 1 aromatic carbocycles. The first-order valence-electron chi connectivity index (χ1n) is 4.21. The molecule has 2 rings (SSSR count). The summed E-state index contributed by atoms with van der Waals surface area (Å²) in [4.78, 5) is 0. The summed E-state index contributed by atoms with van der Waals surface area (Å²) >= 11 is 1.57. The first kappa shape index (κ1) is 9.30. The lowest BCUT2D eigenvalue weighted by molar-refractivity contribution is 0.283. The Bertz CT molecular complexity index is 464. The van der Waals surface area contributed by atoms with Gasteiger partial charge in [0.15, 0.2) is 5.75 Å². The molecule has 0 saturated carbocycles. The van der Waals surface area contributed by atoms with E-state index in [4.69, 9.17) is 15.6 Å². The van der Waals surface area contributed by atoms with Crippen LogP contribution in [0, 0.1) is 0 Å². The van der Waals surface area contributed by atoms with Crippen molar-refractivity contribution in [3.05, 3.63) is 23.1 Å². The molecule has 1 heterocycles. The Kier molecular flexibility index (Phi) is 2.31. The molecular weight excluding hydrogens is 198 g/mol. The van der Waals surface area contributed by atoms with E-state index in [-0.39, 0.29) is 6.61 Å². The number of rotatable bonds is 2. The van der Waals surface area contributed by atoms with Crippen LogP contribution in [-0.2, 0) is 6.61 Å². The summed E-state index contributed by atoms with van der Waals surface area (Å²) in [5.41, 5.74) is 7.23. The maximum Gasteiger partial charge on any atom is 0.159 e. The van der Waals surface area contributed by atoms with Crippen molar-refractivity contribution in [2.45, 2.75) is 6.61 Å². The van der Waals surface area contributed by atoms with Gasteiger partial charge in [-0.15, -0.1) is 11.3 Å². The van der Waals surface area contributed by atoms with Crippen molar-refractivity contribution in [2.24, 2.45) is 0 Å². The topological polar surface area (TPSA) is 55.5 Å². The molecule has 0 amide bonds. The maximum absolute atomic E-state index is 9.15. The van der Waals surface area contributed by atoms with Gasteiger partial charge in [-0.05, 0) is 23.1 Å². The second-order valence-electron chi connectivity index (χ2n) is 2.98. The van der Waals surface area contributed by atoms with E-state index in [2.05, 4.69) is 0 Å². The smallest absolute Gasteiger partial charge is 0.159 e. The lowest BCUT2D eigenvalue weighted by atomic mass is 10.1. The van der Waals surface area contributed by atoms with E-state index in [9.17, 15) is 0 Å². The highest BCUT2D eigenvalue weighted by Gasteiger charge is 2.10. The number of aliphatic hydroxyl groups excluding tert-OH is 1. The fourth-order valence-corrected chi connectivity index (χ4v) is 2.52. The van der Waals surface area contributed by atoms with Gasteiger partial charge in [-0.1, -0.05) is 0 Å². The lowest BCUT2D eigenvalue weighted by Crippen LogP contribution is -1.95. The van der Waals surface area contributed by atoms with Crippen molar-refractivity contribution in [3.63, 3.8) is 0 Å². The Morgan fingerprint density at radius 2 is 2.36 bits per heavy atom. The largest absolute Gasteiger partial charge is 0.493 e. The molecule has 0 fully saturated rings. The van der Waals surface area contributed by atoms with E-state index >= 15 is 0 Å². The van der Waals surface area contributed by atoms with Crippen LogP contribution in [0.3, 0.4) is 0 Å². The molecule has 4 heteroatoms. The number of aliphatic hydroxyl groups is 1. The van der Waals surface area contributed by atoms with Gasteiger partial charge in [0.05, 0.1) is 24.1 Å². The van der Waals surface area contributed by atoms with Gasteiger partial charge in [-0.25, -0.2) is 0 Å². The van der Waals surface area contributed by atoms with Crippen molar-refractivity contribution in [2.75, 3.05) is 12.8 Å². The summed E-state index contributed by atoms with van der Waals surface area (Å²) in [5, 5.41) is 12.1. The monoisotopic (exact) mass is 209 g/mol. The predicted octanol–water partition coefficient (Wildman–Crippen LogP) is 1.98. The van der Waals surface area contributed by atoms with E-state index in [1.54, 1.807) is 24.5 Å². The van der Waals surface area contributed by atoms with Gasteiger partial charge in [0.2, 0.25) is 0 Å². The molecule has 0 aliphatic rings. The number of fused-ring (bicyclic) bond motifs is 1. The standard InChI is InChI=1S/C10H11NO2S/c1-13-9-8(11)4-6(5-12)7-2-3-14-10(7)9/h2-4,12H,5,11H2,1H3. The predicted molar refractivity (Wildman–Crippen MR) is 58.7 cm³/mol. The molecule has 0 radical (unpaired) electrons. The molecule has 0 unspecified atom stereocenters. The number of anilines is 1. The molecular formula is C10H11NO2S. The Hall–Kier alpha value is -1.26. The minimum atomic E-state index is 0.00142. The van der Waals surface area contributed by atoms with Gasteiger partial charge in [-0.3, -0.25) is 0 Å². The zero-order chi connectivity index (χ0) is 10.1. The van der Waals surface area contributed by atoms with Crippen molar-refractivity contribution >= 4 is 27.1 Å². The second-order valence-corrected chi connectivity index (χ2v) is 3.90. The normalized spacial score (nSPS) is 10.7. The number of nitrogen functional groups attached to an aromatic ring is 1. The van der Waals surface area contributed by atoms with Gasteiger partial charge in [0.25, 0.3) is 0 Å². The van der Waals surface area contributed by atoms with Crippen molar-refractivity contribution in [1.82, 2.24) is 0 Å². The van der Waals surface area contributed by atoms with Crippen molar-refractivity contribution < 1.29 is 9.84 Å². The Morgan fingerprint density at radius 1 is 1.57 bits per heavy atom. The first-order valence-corrected chi connectivity index (χ1v) is 5.09. The average Bonchev–Trinajstić information content (AvgIpc) is 2.65. The van der Waals surface area contributed by atoms with Crippen LogP contribution in [0.4, 0.5) is 5.69 Å². The van der Waals surface area contributed by atoms with Crippen LogP contribution >= 0.6 is 11.3 Å². The van der Waals surface area contributed by atoms with E-state index in [0.717, 1.165) is 15.6 Å². The highest BCUT2D eigenvalue weighted by Crippen LogP contribution is 2.37. The number of hydrogen-bond donors (Lipinski definition) is 2. The van der Waals surface area contributed by atoms with E-state index in [1.165, 1.54) is 0 Å². The van der Waals surface area contributed by atoms with Crippen LogP contribution in [0.5, 0.6) is 5.75 Å². The Labute approximate surface area is 85.7 Å². The van der Waals surface area contributed by atoms with Crippen LogP contribution in [0.25, 0.3) is 10.1 Å². The molecule has 0 aliphatic carbocycles. The number of methoxy groups -OCH3 is 1. The van der Waals surface area contributed by atoms with E-state index < -0.39 is 0 Å². The summed E-state index contributed by atoms with van der Waals surface area (Å²) in [6.45, 7) is 0.00142. The minimum absolute atomic E-state index is 0.00142. The molecule has 3 nitrogen and oxygen atoms in total. The summed E-state index contributed by atoms with van der Waals surface area (Å²) in [6.07, 6.45) is 0. The van der Waals surface area contributed by atoms with Gasteiger partial charge in [-0.2, -0.15) is 0 Å². The number of ether oxygens (including phenoxy) is 1. The maximum atomic E-state index is 9.15. The Morgan fingerprint density at radius 3 is 3.00 bits per heavy atom. The molecule has 0 aliphatic heterocycles. The fraction of sp³-hybridized carbons (Fsp3) is 0.200. The van der Waals surface area contributed by atoms with Gasteiger partial charge < -0.3 is 15.6 Å². The number of thiophene rings is 1. The second kappa shape index (κ2) is 3.48. The molecule has 0 atom stereocenters. The third-order valence-corrected chi connectivity index (χ3v) is 3.10. The summed E-state index contributed by atoms with van der Waals surface area (Å²) < 4.78 is 6.22.